The van der Waals surface area contributed by atoms with E-state index in [1.807, 2.05) is 18.2 Å². The second kappa shape index (κ2) is 9.91. The standard InChI is InChI=1S/C16H27N3O2/c1-4-5-6-7-10-18-16(17)19-12-13-8-9-14(20-2)15(11-13)21-3/h8-9,11H,4-7,10,12H2,1-3H3,(H3,17,18,19). The second-order valence-electron chi connectivity index (χ2n) is 4.88. The van der Waals surface area contributed by atoms with Crippen molar-refractivity contribution in [2.75, 3.05) is 20.8 Å². The lowest BCUT2D eigenvalue weighted by atomic mass is 10.2. The van der Waals surface area contributed by atoms with Gasteiger partial charge in [0.05, 0.1) is 20.8 Å². The molecule has 5 nitrogen and oxygen atoms in total. The predicted molar refractivity (Wildman–Crippen MR) is 87.0 cm³/mol. The van der Waals surface area contributed by atoms with Crippen molar-refractivity contribution in [1.82, 2.24) is 5.32 Å². The van der Waals surface area contributed by atoms with E-state index < -0.39 is 0 Å². The number of nitrogens with two attached hydrogens (primary N) is 1. The molecule has 21 heavy (non-hydrogen) atoms. The molecule has 0 saturated carbocycles. The highest BCUT2D eigenvalue weighted by Crippen LogP contribution is 2.27. The second-order valence-corrected chi connectivity index (χ2v) is 4.88. The highest BCUT2D eigenvalue weighted by molar-refractivity contribution is 5.77. The molecule has 3 N–H and O–H groups in total. The first kappa shape index (κ1) is 17.1. The number of methoxy groups -OCH3 is 2. The number of benzene rings is 1. The zero-order valence-electron chi connectivity index (χ0n) is 13.3. The zero-order valence-corrected chi connectivity index (χ0v) is 13.3. The van der Waals surface area contributed by atoms with Crippen molar-refractivity contribution in [2.24, 2.45) is 10.7 Å². The van der Waals surface area contributed by atoms with E-state index in [1.54, 1.807) is 14.2 Å². The van der Waals surface area contributed by atoms with Crippen molar-refractivity contribution in [3.63, 3.8) is 0 Å². The first-order valence-corrected chi connectivity index (χ1v) is 7.46. The summed E-state index contributed by atoms with van der Waals surface area (Å²) in [6, 6.07) is 5.74. The Morgan fingerprint density at radius 2 is 1.90 bits per heavy atom. The molecule has 0 aliphatic rings. The number of guanidine groups is 1. The van der Waals surface area contributed by atoms with Gasteiger partial charge in [0, 0.05) is 6.54 Å². The molecule has 0 unspecified atom stereocenters. The van der Waals surface area contributed by atoms with E-state index >= 15 is 0 Å². The molecule has 0 fully saturated rings. The average molecular weight is 293 g/mol. The normalized spacial score (nSPS) is 11.3. The first-order valence-electron chi connectivity index (χ1n) is 7.46. The third-order valence-corrected chi connectivity index (χ3v) is 3.22. The van der Waals surface area contributed by atoms with Crippen LogP contribution >= 0.6 is 0 Å². The largest absolute Gasteiger partial charge is 0.493 e. The van der Waals surface area contributed by atoms with Gasteiger partial charge in [-0.3, -0.25) is 0 Å². The van der Waals surface area contributed by atoms with Gasteiger partial charge in [0.25, 0.3) is 0 Å². The maximum Gasteiger partial charge on any atom is 0.188 e. The van der Waals surface area contributed by atoms with Gasteiger partial charge < -0.3 is 20.5 Å². The molecule has 0 aromatic heterocycles. The molecule has 0 spiro atoms. The monoisotopic (exact) mass is 293 g/mol. The van der Waals surface area contributed by atoms with Gasteiger partial charge in [-0.1, -0.05) is 32.3 Å². The number of aliphatic imine (C=N–C) groups is 1. The van der Waals surface area contributed by atoms with E-state index in [0.29, 0.717) is 24.0 Å². The first-order chi connectivity index (χ1) is 10.2. The number of nitrogens with one attached hydrogen (secondary N) is 1. The maximum absolute atomic E-state index is 5.85. The van der Waals surface area contributed by atoms with E-state index in [4.69, 9.17) is 15.2 Å². The van der Waals surface area contributed by atoms with Crippen molar-refractivity contribution in [3.05, 3.63) is 23.8 Å². The summed E-state index contributed by atoms with van der Waals surface area (Å²) in [5.74, 6) is 1.91. The topological polar surface area (TPSA) is 68.9 Å². The number of unbranched alkanes of at least 4 members (excludes halogenated alkanes) is 3. The maximum atomic E-state index is 5.85. The molecular weight excluding hydrogens is 266 g/mol. The molecule has 0 radical (unpaired) electrons. The minimum Gasteiger partial charge on any atom is -0.493 e. The molecule has 118 valence electrons. The Kier molecular flexibility index (Phi) is 8.09. The van der Waals surface area contributed by atoms with Gasteiger partial charge in [-0.05, 0) is 24.1 Å². The van der Waals surface area contributed by atoms with Gasteiger partial charge in [-0.15, -0.1) is 0 Å². The van der Waals surface area contributed by atoms with Crippen LogP contribution in [0.2, 0.25) is 0 Å². The molecule has 0 aliphatic carbocycles. The Morgan fingerprint density at radius 1 is 1.14 bits per heavy atom. The minimum absolute atomic E-state index is 0.487. The Hall–Kier alpha value is -1.91. The van der Waals surface area contributed by atoms with Crippen molar-refractivity contribution in [3.8, 4) is 11.5 Å². The van der Waals surface area contributed by atoms with Crippen LogP contribution in [0.15, 0.2) is 23.2 Å². The predicted octanol–water partition coefficient (Wildman–Crippen LogP) is 2.69. The lowest BCUT2D eigenvalue weighted by Gasteiger charge is -2.09. The zero-order chi connectivity index (χ0) is 15.5. The van der Waals surface area contributed by atoms with Gasteiger partial charge in [-0.2, -0.15) is 0 Å². The van der Waals surface area contributed by atoms with E-state index in [1.165, 1.54) is 19.3 Å². The lowest BCUT2D eigenvalue weighted by molar-refractivity contribution is 0.354. The van der Waals surface area contributed by atoms with Crippen molar-refractivity contribution in [1.29, 1.82) is 0 Å². The van der Waals surface area contributed by atoms with E-state index in [9.17, 15) is 0 Å². The third-order valence-electron chi connectivity index (χ3n) is 3.22. The number of hydrogen-bond donors (Lipinski definition) is 2. The fourth-order valence-corrected chi connectivity index (χ4v) is 1.98. The number of hydrogen-bond acceptors (Lipinski definition) is 3. The quantitative estimate of drug-likeness (QED) is 0.417. The fraction of sp³-hybridized carbons (Fsp3) is 0.562. The number of nitrogens with zero attached hydrogens (tertiary/aromatic N) is 1. The fourth-order valence-electron chi connectivity index (χ4n) is 1.98. The smallest absolute Gasteiger partial charge is 0.188 e. The SMILES string of the molecule is CCCCCCNC(N)=NCc1ccc(OC)c(OC)c1. The Balaban J connectivity index is 2.44. The molecule has 5 heteroatoms. The Labute approximate surface area is 127 Å². The molecule has 1 aromatic rings. The third kappa shape index (κ3) is 6.38. The van der Waals surface area contributed by atoms with Crippen LogP contribution in [0.1, 0.15) is 38.2 Å². The Bertz CT molecular complexity index is 447. The van der Waals surface area contributed by atoms with Crippen LogP contribution in [0, 0.1) is 0 Å². The van der Waals surface area contributed by atoms with Gasteiger partial charge in [0.2, 0.25) is 0 Å². The highest BCUT2D eigenvalue weighted by atomic mass is 16.5. The molecule has 0 saturated heterocycles. The van der Waals surface area contributed by atoms with E-state index in [0.717, 1.165) is 18.5 Å². The molecular formula is C16H27N3O2. The summed E-state index contributed by atoms with van der Waals surface area (Å²) in [5.41, 5.74) is 6.88. The average Bonchev–Trinajstić information content (AvgIpc) is 2.52. The van der Waals surface area contributed by atoms with Gasteiger partial charge in [0.1, 0.15) is 0 Å². The summed E-state index contributed by atoms with van der Waals surface area (Å²) >= 11 is 0. The molecule has 0 bridgehead atoms. The Morgan fingerprint density at radius 3 is 2.57 bits per heavy atom. The summed E-state index contributed by atoms with van der Waals surface area (Å²) in [7, 11) is 3.24. The van der Waals surface area contributed by atoms with Gasteiger partial charge >= 0.3 is 0 Å². The van der Waals surface area contributed by atoms with Crippen molar-refractivity contribution >= 4 is 5.96 Å². The van der Waals surface area contributed by atoms with Crippen molar-refractivity contribution in [2.45, 2.75) is 39.2 Å². The van der Waals surface area contributed by atoms with Crippen LogP contribution in [-0.2, 0) is 6.54 Å². The van der Waals surface area contributed by atoms with Gasteiger partial charge in [-0.25, -0.2) is 4.99 Å². The highest BCUT2D eigenvalue weighted by Gasteiger charge is 2.04. The van der Waals surface area contributed by atoms with Crippen LogP contribution in [0.25, 0.3) is 0 Å². The molecule has 1 aromatic carbocycles. The van der Waals surface area contributed by atoms with E-state index in [2.05, 4.69) is 17.2 Å². The summed E-state index contributed by atoms with van der Waals surface area (Å²) in [6.45, 7) is 3.60. The minimum atomic E-state index is 0.487. The van der Waals surface area contributed by atoms with E-state index in [-0.39, 0.29) is 0 Å². The molecule has 0 aliphatic heterocycles. The van der Waals surface area contributed by atoms with Crippen LogP contribution in [0.3, 0.4) is 0 Å². The summed E-state index contributed by atoms with van der Waals surface area (Å²) < 4.78 is 10.5. The van der Waals surface area contributed by atoms with Crippen LogP contribution < -0.4 is 20.5 Å². The summed E-state index contributed by atoms with van der Waals surface area (Å²) in [4.78, 5) is 4.33. The molecule has 0 heterocycles. The van der Waals surface area contributed by atoms with Crippen molar-refractivity contribution < 1.29 is 9.47 Å². The molecule has 0 amide bonds. The van der Waals surface area contributed by atoms with Crippen LogP contribution in [0.5, 0.6) is 11.5 Å². The molecule has 0 atom stereocenters. The number of ether oxygens (including phenoxy) is 2. The molecule has 1 rings (SSSR count). The number of rotatable bonds is 9. The summed E-state index contributed by atoms with van der Waals surface area (Å²) in [5, 5.41) is 3.13. The van der Waals surface area contributed by atoms with Crippen LogP contribution in [0.4, 0.5) is 0 Å². The summed E-state index contributed by atoms with van der Waals surface area (Å²) in [6.07, 6.45) is 4.86. The van der Waals surface area contributed by atoms with Crippen LogP contribution in [-0.4, -0.2) is 26.7 Å². The lowest BCUT2D eigenvalue weighted by Crippen LogP contribution is -2.32. The van der Waals surface area contributed by atoms with Gasteiger partial charge in [0.15, 0.2) is 17.5 Å².